The van der Waals surface area contributed by atoms with Gasteiger partial charge in [0.05, 0.1) is 9.82 Å². The molecule has 0 unspecified atom stereocenters. The second-order valence-corrected chi connectivity index (χ2v) is 6.08. The maximum atomic E-state index is 12.2. The highest BCUT2D eigenvalue weighted by atomic mass is 32.2. The largest absolute Gasteiger partial charge is 0.329 e. The van der Waals surface area contributed by atoms with E-state index in [1.807, 2.05) is 0 Å². The van der Waals surface area contributed by atoms with Gasteiger partial charge in [-0.3, -0.25) is 10.1 Å². The van der Waals surface area contributed by atoms with Crippen molar-refractivity contribution >= 4 is 15.7 Å². The molecule has 7 nitrogen and oxygen atoms in total. The molecule has 0 saturated carbocycles. The maximum absolute atomic E-state index is 12.2. The van der Waals surface area contributed by atoms with Crippen LogP contribution in [0.1, 0.15) is 18.1 Å². The first kappa shape index (κ1) is 15.5. The molecule has 0 bridgehead atoms. The molecular formula is C11H17N3O4S. The van der Waals surface area contributed by atoms with Crippen LogP contribution in [0.15, 0.2) is 17.0 Å². The average molecular weight is 287 g/mol. The van der Waals surface area contributed by atoms with Crippen molar-refractivity contribution in [3.8, 4) is 0 Å². The standard InChI is InChI=1S/C11H17N3O4S/c1-7-4-10(14(15)16)5-11(9(7)3)19(17,18)13-8(2)6-12/h4-5,8,13H,6,12H2,1-3H3/t8-/m1/s1. The van der Waals surface area contributed by atoms with Crippen LogP contribution in [-0.2, 0) is 10.0 Å². The van der Waals surface area contributed by atoms with Crippen LogP contribution in [0.4, 0.5) is 5.69 Å². The van der Waals surface area contributed by atoms with Gasteiger partial charge in [0.25, 0.3) is 5.69 Å². The third-order valence-electron chi connectivity index (χ3n) is 2.81. The number of nitrogens with one attached hydrogen (secondary N) is 1. The molecule has 0 spiro atoms. The Hall–Kier alpha value is -1.51. The van der Waals surface area contributed by atoms with Crippen LogP contribution in [-0.4, -0.2) is 25.9 Å². The zero-order valence-electron chi connectivity index (χ0n) is 11.0. The van der Waals surface area contributed by atoms with Crippen molar-refractivity contribution in [2.24, 2.45) is 5.73 Å². The van der Waals surface area contributed by atoms with Gasteiger partial charge in [0.15, 0.2) is 0 Å². The van der Waals surface area contributed by atoms with Crippen LogP contribution in [0.3, 0.4) is 0 Å². The van der Waals surface area contributed by atoms with Gasteiger partial charge in [-0.1, -0.05) is 0 Å². The topological polar surface area (TPSA) is 115 Å². The zero-order chi connectivity index (χ0) is 14.8. The summed E-state index contributed by atoms with van der Waals surface area (Å²) in [5.74, 6) is 0. The minimum atomic E-state index is -3.82. The molecule has 0 aliphatic rings. The normalized spacial score (nSPS) is 13.3. The average Bonchev–Trinajstić information content (AvgIpc) is 2.31. The van der Waals surface area contributed by atoms with Crippen molar-refractivity contribution in [1.82, 2.24) is 4.72 Å². The molecular weight excluding hydrogens is 270 g/mol. The molecule has 19 heavy (non-hydrogen) atoms. The van der Waals surface area contributed by atoms with Gasteiger partial charge in [0.1, 0.15) is 0 Å². The quantitative estimate of drug-likeness (QED) is 0.615. The molecule has 0 radical (unpaired) electrons. The molecule has 1 aromatic rings. The highest BCUT2D eigenvalue weighted by Crippen LogP contribution is 2.25. The predicted molar refractivity (Wildman–Crippen MR) is 71.4 cm³/mol. The van der Waals surface area contributed by atoms with Crippen LogP contribution in [0.25, 0.3) is 0 Å². The third kappa shape index (κ3) is 3.49. The van der Waals surface area contributed by atoms with Crippen LogP contribution < -0.4 is 10.5 Å². The van der Waals surface area contributed by atoms with Crippen LogP contribution in [0.2, 0.25) is 0 Å². The van der Waals surface area contributed by atoms with Gasteiger partial charge < -0.3 is 5.73 Å². The summed E-state index contributed by atoms with van der Waals surface area (Å²) in [5.41, 5.74) is 6.16. The van der Waals surface area contributed by atoms with Crippen molar-refractivity contribution in [1.29, 1.82) is 0 Å². The number of non-ortho nitro benzene ring substituents is 1. The van der Waals surface area contributed by atoms with E-state index in [2.05, 4.69) is 4.72 Å². The van der Waals surface area contributed by atoms with Gasteiger partial charge in [-0.15, -0.1) is 0 Å². The molecule has 1 rings (SSSR count). The Kier molecular flexibility index (Phi) is 4.61. The number of rotatable bonds is 5. The number of nitro groups is 1. The molecule has 106 valence electrons. The van der Waals surface area contributed by atoms with E-state index in [1.54, 1.807) is 20.8 Å². The lowest BCUT2D eigenvalue weighted by molar-refractivity contribution is -0.385. The fourth-order valence-electron chi connectivity index (χ4n) is 1.57. The second kappa shape index (κ2) is 5.64. The number of nitrogens with two attached hydrogens (primary N) is 1. The molecule has 0 aliphatic heterocycles. The Balaban J connectivity index is 3.37. The second-order valence-electron chi connectivity index (χ2n) is 4.40. The van der Waals surface area contributed by atoms with Crippen molar-refractivity contribution in [3.63, 3.8) is 0 Å². The molecule has 8 heteroatoms. The highest BCUT2D eigenvalue weighted by molar-refractivity contribution is 7.89. The summed E-state index contributed by atoms with van der Waals surface area (Å²) in [6, 6.07) is 1.97. The SMILES string of the molecule is Cc1cc([N+](=O)[O-])cc(S(=O)(=O)N[C@H](C)CN)c1C. The molecule has 0 fully saturated rings. The van der Waals surface area contributed by atoms with Crippen molar-refractivity contribution in [3.05, 3.63) is 33.4 Å². The molecule has 0 aliphatic carbocycles. The summed E-state index contributed by atoms with van der Waals surface area (Å²) in [5, 5.41) is 10.8. The fraction of sp³-hybridized carbons (Fsp3) is 0.455. The first-order chi connectivity index (χ1) is 8.69. The van der Waals surface area contributed by atoms with Crippen LogP contribution >= 0.6 is 0 Å². The minimum absolute atomic E-state index is 0.0838. The first-order valence-corrected chi connectivity index (χ1v) is 7.15. The summed E-state index contributed by atoms with van der Waals surface area (Å²) in [7, 11) is -3.82. The fourth-order valence-corrected chi connectivity index (χ4v) is 3.16. The Morgan fingerprint density at radius 3 is 2.47 bits per heavy atom. The van der Waals surface area contributed by atoms with E-state index < -0.39 is 21.0 Å². The lowest BCUT2D eigenvalue weighted by Gasteiger charge is -2.14. The van der Waals surface area contributed by atoms with E-state index in [0.717, 1.165) is 6.07 Å². The van der Waals surface area contributed by atoms with Gasteiger partial charge >= 0.3 is 0 Å². The lowest BCUT2D eigenvalue weighted by atomic mass is 10.1. The van der Waals surface area contributed by atoms with Crippen molar-refractivity contribution in [2.75, 3.05) is 6.54 Å². The smallest absolute Gasteiger partial charge is 0.271 e. The molecule has 1 atom stereocenters. The number of sulfonamides is 1. The van der Waals surface area contributed by atoms with E-state index >= 15 is 0 Å². The molecule has 0 saturated heterocycles. The molecule has 0 heterocycles. The number of nitro benzene ring substituents is 1. The third-order valence-corrected chi connectivity index (χ3v) is 4.53. The summed E-state index contributed by atoms with van der Waals surface area (Å²) in [4.78, 5) is 10.1. The number of hydrogen-bond acceptors (Lipinski definition) is 5. The molecule has 0 aromatic heterocycles. The molecule has 0 amide bonds. The van der Waals surface area contributed by atoms with Crippen LogP contribution in [0, 0.1) is 24.0 Å². The van der Waals surface area contributed by atoms with Gasteiger partial charge in [-0.05, 0) is 31.9 Å². The summed E-state index contributed by atoms with van der Waals surface area (Å²) in [6.45, 7) is 5.01. The summed E-state index contributed by atoms with van der Waals surface area (Å²) < 4.78 is 26.7. The van der Waals surface area contributed by atoms with E-state index in [9.17, 15) is 18.5 Å². The van der Waals surface area contributed by atoms with E-state index in [4.69, 9.17) is 5.73 Å². The number of hydrogen-bond donors (Lipinski definition) is 2. The Morgan fingerprint density at radius 2 is 2.00 bits per heavy atom. The van der Waals surface area contributed by atoms with Crippen molar-refractivity contribution < 1.29 is 13.3 Å². The van der Waals surface area contributed by atoms with E-state index in [-0.39, 0.29) is 17.1 Å². The monoisotopic (exact) mass is 287 g/mol. The molecule has 1 aromatic carbocycles. The zero-order valence-corrected chi connectivity index (χ0v) is 11.8. The summed E-state index contributed by atoms with van der Waals surface area (Å²) in [6.07, 6.45) is 0. The summed E-state index contributed by atoms with van der Waals surface area (Å²) >= 11 is 0. The Labute approximate surface area is 112 Å². The maximum Gasteiger partial charge on any atom is 0.271 e. The minimum Gasteiger partial charge on any atom is -0.329 e. The van der Waals surface area contributed by atoms with Gasteiger partial charge in [0, 0.05) is 24.7 Å². The predicted octanol–water partition coefficient (Wildman–Crippen LogP) is 0.837. The van der Waals surface area contributed by atoms with Gasteiger partial charge in [0.2, 0.25) is 10.0 Å². The number of aryl methyl sites for hydroxylation is 1. The first-order valence-electron chi connectivity index (χ1n) is 5.67. The van der Waals surface area contributed by atoms with E-state index in [1.165, 1.54) is 6.07 Å². The van der Waals surface area contributed by atoms with Crippen LogP contribution in [0.5, 0.6) is 0 Å². The molecule has 3 N–H and O–H groups in total. The van der Waals surface area contributed by atoms with E-state index in [0.29, 0.717) is 11.1 Å². The van der Waals surface area contributed by atoms with Gasteiger partial charge in [-0.2, -0.15) is 0 Å². The number of nitrogens with zero attached hydrogens (tertiary/aromatic N) is 1. The Morgan fingerprint density at radius 1 is 1.42 bits per heavy atom. The Bertz CT molecular complexity index is 598. The lowest BCUT2D eigenvalue weighted by Crippen LogP contribution is -2.38. The number of benzene rings is 1. The van der Waals surface area contributed by atoms with Gasteiger partial charge in [-0.25, -0.2) is 13.1 Å². The van der Waals surface area contributed by atoms with Crippen molar-refractivity contribution in [2.45, 2.75) is 31.7 Å². The highest BCUT2D eigenvalue weighted by Gasteiger charge is 2.23.